The van der Waals surface area contributed by atoms with Crippen molar-refractivity contribution >= 4 is 22.7 Å². The highest BCUT2D eigenvalue weighted by Crippen LogP contribution is 2.23. The van der Waals surface area contributed by atoms with Crippen LogP contribution in [0.2, 0.25) is 0 Å². The Morgan fingerprint density at radius 2 is 1.51 bits per heavy atom. The van der Waals surface area contributed by atoms with E-state index in [2.05, 4.69) is 29.4 Å². The summed E-state index contributed by atoms with van der Waals surface area (Å²) in [6, 6.07) is 13.9. The smallest absolute Gasteiger partial charge is 0.253 e. The summed E-state index contributed by atoms with van der Waals surface area (Å²) in [5, 5.41) is 0. The van der Waals surface area contributed by atoms with Gasteiger partial charge in [-0.15, -0.1) is 0 Å². The zero-order valence-electron chi connectivity index (χ0n) is 24.3. The maximum absolute atomic E-state index is 13.6. The number of piperidine rings is 1. The lowest BCUT2D eigenvalue weighted by molar-refractivity contribution is 0.0751. The van der Waals surface area contributed by atoms with Gasteiger partial charge in [0, 0.05) is 37.2 Å². The minimum Gasteiger partial charge on any atom is -0.339 e. The van der Waals surface area contributed by atoms with Crippen LogP contribution in [0.25, 0.3) is 11.0 Å². The molecule has 1 fully saturated rings. The maximum Gasteiger partial charge on any atom is 0.253 e. The molecule has 0 spiro atoms. The molecule has 1 aliphatic heterocycles. The van der Waals surface area contributed by atoms with Crippen molar-refractivity contribution < 1.29 is 9.59 Å². The van der Waals surface area contributed by atoms with E-state index in [4.69, 9.17) is 4.98 Å². The zero-order valence-corrected chi connectivity index (χ0v) is 24.3. The average Bonchev–Trinajstić information content (AvgIpc) is 3.29. The molecular weight excluding hydrogens is 484 g/mol. The molecular formula is C33H46N4O2. The van der Waals surface area contributed by atoms with Crippen molar-refractivity contribution in [2.75, 3.05) is 32.7 Å². The molecule has 0 saturated carbocycles. The Morgan fingerprint density at radius 3 is 2.15 bits per heavy atom. The van der Waals surface area contributed by atoms with Gasteiger partial charge in [-0.1, -0.05) is 57.4 Å². The Balaban J connectivity index is 1.61. The molecule has 0 radical (unpaired) electrons. The third-order valence-corrected chi connectivity index (χ3v) is 7.95. The number of imidazole rings is 1. The minimum absolute atomic E-state index is 0.0793. The zero-order chi connectivity index (χ0) is 27.6. The normalized spacial score (nSPS) is 14.1. The molecule has 1 saturated heterocycles. The van der Waals surface area contributed by atoms with E-state index in [1.165, 1.54) is 32.4 Å². The number of unbranched alkanes of at least 4 members (excludes halogenated alkanes) is 2. The van der Waals surface area contributed by atoms with Crippen LogP contribution in [0.15, 0.2) is 42.5 Å². The van der Waals surface area contributed by atoms with E-state index in [1.54, 1.807) is 6.92 Å². The molecule has 210 valence electrons. The lowest BCUT2D eigenvalue weighted by atomic mass is 10.1. The van der Waals surface area contributed by atoms with Gasteiger partial charge in [0.05, 0.1) is 11.0 Å². The van der Waals surface area contributed by atoms with Gasteiger partial charge in [0.2, 0.25) is 0 Å². The van der Waals surface area contributed by atoms with Gasteiger partial charge in [0.1, 0.15) is 5.82 Å². The van der Waals surface area contributed by atoms with E-state index in [9.17, 15) is 9.59 Å². The van der Waals surface area contributed by atoms with Crippen LogP contribution in [0.1, 0.15) is 104 Å². The number of nitrogens with zero attached hydrogens (tertiary/aromatic N) is 4. The van der Waals surface area contributed by atoms with Crippen LogP contribution in [0, 0.1) is 0 Å². The first kappa shape index (κ1) is 29.0. The molecule has 0 N–H and O–H groups in total. The fourth-order valence-electron chi connectivity index (χ4n) is 5.56. The average molecular weight is 531 g/mol. The fraction of sp³-hybridized carbons (Fsp3) is 0.545. The Kier molecular flexibility index (Phi) is 10.7. The third kappa shape index (κ3) is 7.78. The summed E-state index contributed by atoms with van der Waals surface area (Å²) in [5.74, 6) is 1.22. The SMILES string of the molecule is CCCCN(CCCC)C(=O)c1ccc2nc(Cc3ccc(C(C)=O)cc3)n(CCCN3CCCCC3)c2c1. The van der Waals surface area contributed by atoms with Gasteiger partial charge in [-0.05, 0) is 82.4 Å². The minimum atomic E-state index is 0.0793. The predicted octanol–water partition coefficient (Wildman–Crippen LogP) is 6.75. The lowest BCUT2D eigenvalue weighted by Gasteiger charge is -2.26. The summed E-state index contributed by atoms with van der Waals surface area (Å²) >= 11 is 0. The largest absolute Gasteiger partial charge is 0.339 e. The molecule has 1 aromatic heterocycles. The number of benzene rings is 2. The highest BCUT2D eigenvalue weighted by atomic mass is 16.2. The van der Waals surface area contributed by atoms with Crippen LogP contribution >= 0.6 is 0 Å². The molecule has 0 bridgehead atoms. The molecule has 1 aliphatic rings. The Labute approximate surface area is 234 Å². The van der Waals surface area contributed by atoms with Crippen LogP contribution in [0.5, 0.6) is 0 Å². The summed E-state index contributed by atoms with van der Waals surface area (Å²) in [6.07, 6.45) is 9.90. The molecule has 3 aromatic rings. The predicted molar refractivity (Wildman–Crippen MR) is 160 cm³/mol. The van der Waals surface area contributed by atoms with Crippen LogP contribution < -0.4 is 0 Å². The van der Waals surface area contributed by atoms with Crippen LogP contribution in [-0.4, -0.2) is 63.8 Å². The van der Waals surface area contributed by atoms with Crippen LogP contribution in [-0.2, 0) is 13.0 Å². The third-order valence-electron chi connectivity index (χ3n) is 7.95. The standard InChI is InChI=1S/C33H46N4O2/c1-4-6-21-36(22-7-5-2)33(39)29-16-17-30-31(25-29)37(23-11-20-35-18-9-8-10-19-35)32(34-30)24-27-12-14-28(15-13-27)26(3)38/h12-17,25H,4-11,18-24H2,1-3H3. The molecule has 6 nitrogen and oxygen atoms in total. The molecule has 2 aromatic carbocycles. The van der Waals surface area contributed by atoms with Crippen molar-refractivity contribution in [3.8, 4) is 0 Å². The Hall–Kier alpha value is -2.99. The summed E-state index contributed by atoms with van der Waals surface area (Å²) in [4.78, 5) is 35.0. The van der Waals surface area contributed by atoms with Crippen molar-refractivity contribution in [3.05, 3.63) is 65.0 Å². The summed E-state index contributed by atoms with van der Waals surface area (Å²) in [5.41, 5.74) is 4.60. The highest BCUT2D eigenvalue weighted by molar-refractivity contribution is 5.97. The number of amides is 1. The number of aromatic nitrogens is 2. The quantitative estimate of drug-likeness (QED) is 0.216. The van der Waals surface area contributed by atoms with Gasteiger partial charge in [-0.2, -0.15) is 0 Å². The first-order valence-electron chi connectivity index (χ1n) is 15.1. The first-order valence-corrected chi connectivity index (χ1v) is 15.1. The van der Waals surface area contributed by atoms with Crippen molar-refractivity contribution in [2.24, 2.45) is 0 Å². The van der Waals surface area contributed by atoms with Gasteiger partial charge >= 0.3 is 0 Å². The van der Waals surface area contributed by atoms with Crippen molar-refractivity contribution in [2.45, 2.75) is 85.1 Å². The molecule has 39 heavy (non-hydrogen) atoms. The van der Waals surface area contributed by atoms with Gasteiger partial charge in [-0.3, -0.25) is 9.59 Å². The highest BCUT2D eigenvalue weighted by Gasteiger charge is 2.19. The first-order chi connectivity index (χ1) is 19.0. The number of Topliss-reactive ketones (excluding diaryl/α,β-unsaturated/α-hetero) is 1. The number of ketones is 1. The van der Waals surface area contributed by atoms with Crippen LogP contribution in [0.4, 0.5) is 0 Å². The molecule has 0 aliphatic carbocycles. The van der Waals surface area contributed by atoms with E-state index < -0.39 is 0 Å². The molecule has 1 amide bonds. The van der Waals surface area contributed by atoms with Crippen molar-refractivity contribution in [1.82, 2.24) is 19.4 Å². The molecule has 0 atom stereocenters. The maximum atomic E-state index is 13.6. The van der Waals surface area contributed by atoms with Crippen LogP contribution in [0.3, 0.4) is 0 Å². The number of likely N-dealkylation sites (tertiary alicyclic amines) is 1. The summed E-state index contributed by atoms with van der Waals surface area (Å²) in [7, 11) is 0. The number of fused-ring (bicyclic) bond motifs is 1. The van der Waals surface area contributed by atoms with Gasteiger partial charge < -0.3 is 14.4 Å². The molecule has 6 heteroatoms. The molecule has 0 unspecified atom stereocenters. The second kappa shape index (κ2) is 14.4. The number of aryl methyl sites for hydroxylation is 1. The fourth-order valence-corrected chi connectivity index (χ4v) is 5.56. The number of carbonyl (C=O) groups is 2. The van der Waals surface area contributed by atoms with E-state index in [0.29, 0.717) is 6.42 Å². The number of rotatable bonds is 14. The number of hydrogen-bond donors (Lipinski definition) is 0. The van der Waals surface area contributed by atoms with Gasteiger partial charge in [0.15, 0.2) is 5.78 Å². The van der Waals surface area contributed by atoms with Gasteiger partial charge in [0.25, 0.3) is 5.91 Å². The van der Waals surface area contributed by atoms with E-state index >= 15 is 0 Å². The molecule has 2 heterocycles. The summed E-state index contributed by atoms with van der Waals surface area (Å²) < 4.78 is 2.33. The van der Waals surface area contributed by atoms with Crippen molar-refractivity contribution in [3.63, 3.8) is 0 Å². The second-order valence-electron chi connectivity index (χ2n) is 11.1. The topological polar surface area (TPSA) is 58.4 Å². The van der Waals surface area contributed by atoms with Gasteiger partial charge in [-0.25, -0.2) is 4.98 Å². The lowest BCUT2D eigenvalue weighted by Crippen LogP contribution is -2.33. The number of hydrogen-bond acceptors (Lipinski definition) is 4. The summed E-state index contributed by atoms with van der Waals surface area (Å²) in [6.45, 7) is 11.9. The monoisotopic (exact) mass is 530 g/mol. The van der Waals surface area contributed by atoms with Crippen molar-refractivity contribution in [1.29, 1.82) is 0 Å². The van der Waals surface area contributed by atoms with E-state index in [1.807, 2.05) is 41.3 Å². The van der Waals surface area contributed by atoms with E-state index in [0.717, 1.165) is 91.8 Å². The second-order valence-corrected chi connectivity index (χ2v) is 11.1. The molecule has 4 rings (SSSR count). The Morgan fingerprint density at radius 1 is 0.846 bits per heavy atom. The Bertz CT molecular complexity index is 1220. The number of carbonyl (C=O) groups excluding carboxylic acids is 2. The van der Waals surface area contributed by atoms with E-state index in [-0.39, 0.29) is 11.7 Å².